The Morgan fingerprint density at radius 3 is 2.48 bits per heavy atom. The molecule has 1 aromatic heterocycles. The fourth-order valence-corrected chi connectivity index (χ4v) is 5.15. The van der Waals surface area contributed by atoms with Crippen LogP contribution in [-0.2, 0) is 9.53 Å². The van der Waals surface area contributed by atoms with Gasteiger partial charge in [-0.25, -0.2) is 0 Å². The van der Waals surface area contributed by atoms with Crippen LogP contribution < -0.4 is 10.6 Å². The summed E-state index contributed by atoms with van der Waals surface area (Å²) < 4.78 is 5.07. The van der Waals surface area contributed by atoms with Crippen LogP contribution in [0.1, 0.15) is 41.4 Å². The van der Waals surface area contributed by atoms with Crippen LogP contribution in [-0.4, -0.2) is 18.1 Å². The van der Waals surface area contributed by atoms with Gasteiger partial charge in [0.1, 0.15) is 0 Å². The van der Waals surface area contributed by atoms with E-state index in [0.29, 0.717) is 6.42 Å². The Labute approximate surface area is 170 Å². The van der Waals surface area contributed by atoms with E-state index in [1.54, 1.807) is 0 Å². The Balaban J connectivity index is 1.63. The number of carbonyl (C=O) groups excluding carboxylic acids is 1. The first-order valence-electron chi connectivity index (χ1n) is 10.1. The van der Waals surface area contributed by atoms with Gasteiger partial charge in [0.05, 0.1) is 25.6 Å². The smallest absolute Gasteiger partial charge is 0.305 e. The highest BCUT2D eigenvalue weighted by molar-refractivity contribution is 5.70. The molecule has 1 saturated heterocycles. The van der Waals surface area contributed by atoms with Crippen LogP contribution in [0, 0.1) is 11.8 Å². The lowest BCUT2D eigenvalue weighted by molar-refractivity contribution is -0.142. The summed E-state index contributed by atoms with van der Waals surface area (Å²) in [5, 5.41) is 7.62. The first kappa shape index (κ1) is 18.0. The number of aromatic amines is 1. The molecule has 3 aromatic rings. The summed E-state index contributed by atoms with van der Waals surface area (Å²) in [7, 11) is 1.47. The molecular formula is C24H25N3O2. The molecule has 148 valence electrons. The number of hydrogen-bond acceptors (Lipinski definition) is 4. The van der Waals surface area contributed by atoms with Gasteiger partial charge in [-0.15, -0.1) is 0 Å². The van der Waals surface area contributed by atoms with Crippen molar-refractivity contribution < 1.29 is 9.53 Å². The zero-order valence-electron chi connectivity index (χ0n) is 16.3. The van der Waals surface area contributed by atoms with Crippen molar-refractivity contribution in [2.45, 2.75) is 24.5 Å². The molecule has 0 aliphatic carbocycles. The van der Waals surface area contributed by atoms with Gasteiger partial charge >= 0.3 is 5.97 Å². The SMILES string of the molecule is COC(=O)C[C@H]1[C@@H]2[C@H](c3ccccc3)Nc3ccccc3[C@@H]2N[C@@H]1c1ccc[nH]1. The van der Waals surface area contributed by atoms with Crippen LogP contribution in [0.2, 0.25) is 0 Å². The summed E-state index contributed by atoms with van der Waals surface area (Å²) in [6.45, 7) is 0. The number of methoxy groups -OCH3 is 1. The minimum absolute atomic E-state index is 0.0540. The number of H-pyrrole nitrogens is 1. The van der Waals surface area contributed by atoms with Crippen molar-refractivity contribution in [1.82, 2.24) is 10.3 Å². The minimum Gasteiger partial charge on any atom is -0.469 e. The van der Waals surface area contributed by atoms with E-state index in [-0.39, 0.29) is 35.9 Å². The number of rotatable bonds is 4. The van der Waals surface area contributed by atoms with Crippen molar-refractivity contribution in [2.24, 2.45) is 11.8 Å². The molecule has 1 fully saturated rings. The van der Waals surface area contributed by atoms with Crippen LogP contribution in [0.4, 0.5) is 5.69 Å². The fraction of sp³-hybridized carbons (Fsp3) is 0.292. The number of anilines is 1. The molecule has 0 amide bonds. The van der Waals surface area contributed by atoms with Crippen LogP contribution in [0.15, 0.2) is 72.9 Å². The maximum Gasteiger partial charge on any atom is 0.305 e. The molecule has 5 heteroatoms. The van der Waals surface area contributed by atoms with E-state index < -0.39 is 0 Å². The topological polar surface area (TPSA) is 66.2 Å². The molecule has 5 atom stereocenters. The Morgan fingerprint density at radius 1 is 0.931 bits per heavy atom. The van der Waals surface area contributed by atoms with Crippen molar-refractivity contribution in [1.29, 1.82) is 0 Å². The van der Waals surface area contributed by atoms with Crippen molar-refractivity contribution in [3.63, 3.8) is 0 Å². The van der Waals surface area contributed by atoms with E-state index in [2.05, 4.69) is 70.2 Å². The predicted molar refractivity (Wildman–Crippen MR) is 112 cm³/mol. The number of benzene rings is 2. The van der Waals surface area contributed by atoms with Gasteiger partial charge in [0, 0.05) is 29.5 Å². The van der Waals surface area contributed by atoms with Gasteiger partial charge in [-0.05, 0) is 35.2 Å². The van der Waals surface area contributed by atoms with Crippen molar-refractivity contribution in [2.75, 3.05) is 12.4 Å². The molecule has 0 radical (unpaired) electrons. The summed E-state index contributed by atoms with van der Waals surface area (Å²) in [4.78, 5) is 15.7. The zero-order valence-corrected chi connectivity index (χ0v) is 16.3. The minimum atomic E-state index is -0.167. The molecule has 0 bridgehead atoms. The summed E-state index contributed by atoms with van der Waals surface area (Å²) in [5.41, 5.74) is 4.76. The third kappa shape index (κ3) is 3.12. The Bertz CT molecular complexity index is 986. The lowest BCUT2D eigenvalue weighted by Gasteiger charge is -2.39. The van der Waals surface area contributed by atoms with Gasteiger partial charge in [0.25, 0.3) is 0 Å². The highest BCUT2D eigenvalue weighted by Crippen LogP contribution is 2.55. The molecule has 0 saturated carbocycles. The predicted octanol–water partition coefficient (Wildman–Crippen LogP) is 4.36. The summed E-state index contributed by atoms with van der Waals surface area (Å²) in [5.74, 6) is 0.136. The molecule has 2 aromatic carbocycles. The van der Waals surface area contributed by atoms with Gasteiger partial charge in [-0.1, -0.05) is 48.5 Å². The second kappa shape index (κ2) is 7.41. The molecule has 5 nitrogen and oxygen atoms in total. The van der Waals surface area contributed by atoms with E-state index in [9.17, 15) is 4.79 Å². The van der Waals surface area contributed by atoms with E-state index in [4.69, 9.17) is 4.74 Å². The molecule has 0 unspecified atom stereocenters. The number of ether oxygens (including phenoxy) is 1. The third-order valence-corrected chi connectivity index (χ3v) is 6.40. The number of esters is 1. The highest BCUT2D eigenvalue weighted by atomic mass is 16.5. The average molecular weight is 387 g/mol. The Hall–Kier alpha value is -3.05. The lowest BCUT2D eigenvalue weighted by atomic mass is 9.73. The quantitative estimate of drug-likeness (QED) is 0.582. The molecule has 2 aliphatic rings. The standard InChI is InChI=1S/C24H25N3O2/c1-29-20(28)14-17-21-22(15-8-3-2-4-9-15)26-18-11-6-5-10-16(18)24(21)27-23(17)19-12-7-13-25-19/h2-13,17,21-27H,14H2,1H3/t17-,21+,22-,23-,24-/m0/s1. The summed E-state index contributed by atoms with van der Waals surface area (Å²) >= 11 is 0. The molecular weight excluding hydrogens is 362 g/mol. The van der Waals surface area contributed by atoms with E-state index >= 15 is 0 Å². The second-order valence-corrected chi connectivity index (χ2v) is 7.89. The maximum absolute atomic E-state index is 12.4. The van der Waals surface area contributed by atoms with Crippen molar-refractivity contribution in [3.05, 3.63) is 89.7 Å². The summed E-state index contributed by atoms with van der Waals surface area (Å²) in [6, 6.07) is 23.4. The third-order valence-electron chi connectivity index (χ3n) is 6.40. The van der Waals surface area contributed by atoms with Crippen molar-refractivity contribution in [3.8, 4) is 0 Å². The van der Waals surface area contributed by atoms with E-state index in [1.165, 1.54) is 18.2 Å². The Morgan fingerprint density at radius 2 is 1.72 bits per heavy atom. The molecule has 2 aliphatic heterocycles. The lowest BCUT2D eigenvalue weighted by Crippen LogP contribution is -2.35. The first-order valence-corrected chi connectivity index (χ1v) is 10.1. The van der Waals surface area contributed by atoms with Gasteiger partial charge in [0.2, 0.25) is 0 Å². The molecule has 5 rings (SSSR count). The average Bonchev–Trinajstić information content (AvgIpc) is 3.42. The number of para-hydroxylation sites is 1. The monoisotopic (exact) mass is 387 g/mol. The maximum atomic E-state index is 12.4. The Kier molecular flexibility index (Phi) is 4.60. The number of fused-ring (bicyclic) bond motifs is 3. The van der Waals surface area contributed by atoms with E-state index in [1.807, 2.05) is 18.3 Å². The molecule has 0 spiro atoms. The van der Waals surface area contributed by atoms with Gasteiger partial charge in [-0.2, -0.15) is 0 Å². The number of carbonyl (C=O) groups is 1. The molecule has 3 heterocycles. The normalized spacial score (nSPS) is 27.6. The van der Waals surface area contributed by atoms with Gasteiger partial charge < -0.3 is 20.4 Å². The van der Waals surface area contributed by atoms with Crippen LogP contribution in [0.25, 0.3) is 0 Å². The van der Waals surface area contributed by atoms with Crippen LogP contribution >= 0.6 is 0 Å². The van der Waals surface area contributed by atoms with Crippen LogP contribution in [0.5, 0.6) is 0 Å². The van der Waals surface area contributed by atoms with Gasteiger partial charge in [0.15, 0.2) is 0 Å². The van der Waals surface area contributed by atoms with Crippen molar-refractivity contribution >= 4 is 11.7 Å². The van der Waals surface area contributed by atoms with Gasteiger partial charge in [-0.3, -0.25) is 4.79 Å². The summed E-state index contributed by atoms with van der Waals surface area (Å²) in [6.07, 6.45) is 2.32. The number of aromatic nitrogens is 1. The largest absolute Gasteiger partial charge is 0.469 e. The highest BCUT2D eigenvalue weighted by Gasteiger charge is 2.51. The number of nitrogens with one attached hydrogen (secondary N) is 3. The molecule has 3 N–H and O–H groups in total. The second-order valence-electron chi connectivity index (χ2n) is 7.89. The fourth-order valence-electron chi connectivity index (χ4n) is 5.15. The number of hydrogen-bond donors (Lipinski definition) is 3. The first-order chi connectivity index (χ1) is 14.3. The van der Waals surface area contributed by atoms with E-state index in [0.717, 1.165) is 11.4 Å². The van der Waals surface area contributed by atoms with Crippen LogP contribution in [0.3, 0.4) is 0 Å². The zero-order chi connectivity index (χ0) is 19.8. The molecule has 29 heavy (non-hydrogen) atoms.